The Balaban J connectivity index is 2.31. The Morgan fingerprint density at radius 3 is 2.58 bits per heavy atom. The molecule has 0 spiro atoms. The Kier molecular flexibility index (Phi) is 2.64. The number of carboxylic acids is 1. The van der Waals surface area contributed by atoms with Gasteiger partial charge in [-0.1, -0.05) is 6.07 Å². The van der Waals surface area contributed by atoms with Gasteiger partial charge in [0.2, 0.25) is 0 Å². The van der Waals surface area contributed by atoms with Crippen molar-refractivity contribution in [3.05, 3.63) is 54.4 Å². The van der Waals surface area contributed by atoms with Gasteiger partial charge in [-0.05, 0) is 30.3 Å². The molecule has 0 aliphatic heterocycles. The maximum atomic E-state index is 11.3. The van der Waals surface area contributed by atoms with Gasteiger partial charge in [-0.3, -0.25) is 4.98 Å². The van der Waals surface area contributed by atoms with Crippen LogP contribution in [0.25, 0.3) is 22.4 Å². The smallest absolute Gasteiger partial charge is 0.336 e. The van der Waals surface area contributed by atoms with Crippen LogP contribution in [0.2, 0.25) is 0 Å². The van der Waals surface area contributed by atoms with Gasteiger partial charge in [0.25, 0.3) is 0 Å². The summed E-state index contributed by atoms with van der Waals surface area (Å²) in [5.41, 5.74) is 1.71. The SMILES string of the molecule is O=C(O)c1cc(-c2ccccn2)nc2ncccc12. The first-order valence-electron chi connectivity index (χ1n) is 5.66. The highest BCUT2D eigenvalue weighted by molar-refractivity contribution is 6.02. The van der Waals surface area contributed by atoms with Crippen LogP contribution in [0.3, 0.4) is 0 Å². The van der Waals surface area contributed by atoms with Crippen molar-refractivity contribution in [3.63, 3.8) is 0 Å². The Hall–Kier alpha value is -2.82. The summed E-state index contributed by atoms with van der Waals surface area (Å²) in [4.78, 5) is 24.0. The third-order valence-corrected chi connectivity index (χ3v) is 2.74. The molecule has 0 fully saturated rings. The van der Waals surface area contributed by atoms with Crippen LogP contribution in [0.15, 0.2) is 48.8 Å². The van der Waals surface area contributed by atoms with Gasteiger partial charge in [-0.2, -0.15) is 0 Å². The summed E-state index contributed by atoms with van der Waals surface area (Å²) in [5, 5.41) is 9.80. The van der Waals surface area contributed by atoms with Gasteiger partial charge in [0.15, 0.2) is 5.65 Å². The van der Waals surface area contributed by atoms with E-state index in [4.69, 9.17) is 0 Å². The zero-order chi connectivity index (χ0) is 13.2. The second-order valence-corrected chi connectivity index (χ2v) is 3.95. The molecule has 19 heavy (non-hydrogen) atoms. The highest BCUT2D eigenvalue weighted by atomic mass is 16.4. The lowest BCUT2D eigenvalue weighted by atomic mass is 10.1. The number of hydrogen-bond donors (Lipinski definition) is 1. The number of pyridine rings is 3. The fourth-order valence-corrected chi connectivity index (χ4v) is 1.88. The zero-order valence-corrected chi connectivity index (χ0v) is 9.82. The van der Waals surface area contributed by atoms with Crippen LogP contribution in [-0.4, -0.2) is 26.0 Å². The number of hydrogen-bond acceptors (Lipinski definition) is 4. The molecule has 0 aliphatic carbocycles. The van der Waals surface area contributed by atoms with Crippen molar-refractivity contribution in [1.82, 2.24) is 15.0 Å². The van der Waals surface area contributed by atoms with E-state index in [0.29, 0.717) is 22.4 Å². The summed E-state index contributed by atoms with van der Waals surface area (Å²) in [6, 6.07) is 10.3. The molecule has 0 bridgehead atoms. The summed E-state index contributed by atoms with van der Waals surface area (Å²) in [6.45, 7) is 0. The first-order chi connectivity index (χ1) is 9.25. The van der Waals surface area contributed by atoms with Crippen molar-refractivity contribution >= 4 is 17.0 Å². The average molecular weight is 251 g/mol. The van der Waals surface area contributed by atoms with Gasteiger partial charge in [0.05, 0.1) is 17.0 Å². The highest BCUT2D eigenvalue weighted by Gasteiger charge is 2.13. The molecule has 1 N–H and O–H groups in total. The lowest BCUT2D eigenvalue weighted by Gasteiger charge is -2.05. The predicted molar refractivity (Wildman–Crippen MR) is 69.7 cm³/mol. The Morgan fingerprint density at radius 1 is 1.00 bits per heavy atom. The molecule has 0 atom stereocenters. The summed E-state index contributed by atoms with van der Waals surface area (Å²) >= 11 is 0. The molecule has 0 saturated heterocycles. The van der Waals surface area contributed by atoms with Crippen molar-refractivity contribution in [3.8, 4) is 11.4 Å². The van der Waals surface area contributed by atoms with Crippen LogP contribution in [0.1, 0.15) is 10.4 Å². The zero-order valence-electron chi connectivity index (χ0n) is 9.82. The van der Waals surface area contributed by atoms with Crippen molar-refractivity contribution in [2.24, 2.45) is 0 Å². The van der Waals surface area contributed by atoms with E-state index in [9.17, 15) is 9.90 Å². The number of fused-ring (bicyclic) bond motifs is 1. The van der Waals surface area contributed by atoms with Gasteiger partial charge in [0, 0.05) is 17.8 Å². The molecule has 3 aromatic heterocycles. The van der Waals surface area contributed by atoms with Crippen molar-refractivity contribution in [2.75, 3.05) is 0 Å². The van der Waals surface area contributed by atoms with E-state index in [1.807, 2.05) is 6.07 Å². The predicted octanol–water partition coefficient (Wildman–Crippen LogP) is 2.39. The molecule has 5 heteroatoms. The molecule has 3 heterocycles. The van der Waals surface area contributed by atoms with E-state index in [-0.39, 0.29) is 5.56 Å². The number of carbonyl (C=O) groups is 1. The first kappa shape index (κ1) is 11.3. The Morgan fingerprint density at radius 2 is 1.84 bits per heavy atom. The molecule has 5 nitrogen and oxygen atoms in total. The fraction of sp³-hybridized carbons (Fsp3) is 0. The molecular weight excluding hydrogens is 242 g/mol. The second-order valence-electron chi connectivity index (χ2n) is 3.95. The van der Waals surface area contributed by atoms with E-state index in [2.05, 4.69) is 15.0 Å². The first-order valence-corrected chi connectivity index (χ1v) is 5.66. The van der Waals surface area contributed by atoms with Gasteiger partial charge < -0.3 is 5.11 Å². The van der Waals surface area contributed by atoms with Crippen LogP contribution in [0.5, 0.6) is 0 Å². The summed E-state index contributed by atoms with van der Waals surface area (Å²) < 4.78 is 0. The number of rotatable bonds is 2. The average Bonchev–Trinajstić information content (AvgIpc) is 2.47. The van der Waals surface area contributed by atoms with Crippen molar-refractivity contribution < 1.29 is 9.90 Å². The third-order valence-electron chi connectivity index (χ3n) is 2.74. The van der Waals surface area contributed by atoms with Crippen LogP contribution >= 0.6 is 0 Å². The maximum absolute atomic E-state index is 11.3. The summed E-state index contributed by atoms with van der Waals surface area (Å²) in [6.07, 6.45) is 3.23. The van der Waals surface area contributed by atoms with Gasteiger partial charge in [0.1, 0.15) is 0 Å². The topological polar surface area (TPSA) is 76.0 Å². The lowest BCUT2D eigenvalue weighted by molar-refractivity contribution is 0.0699. The third kappa shape index (κ3) is 2.01. The molecular formula is C14H9N3O2. The van der Waals surface area contributed by atoms with Crippen LogP contribution in [-0.2, 0) is 0 Å². The minimum Gasteiger partial charge on any atom is -0.478 e. The quantitative estimate of drug-likeness (QED) is 0.756. The number of aromatic nitrogens is 3. The molecule has 0 aliphatic rings. The molecule has 3 rings (SSSR count). The van der Waals surface area contributed by atoms with E-state index in [1.54, 1.807) is 36.7 Å². The van der Waals surface area contributed by atoms with Crippen molar-refractivity contribution in [2.45, 2.75) is 0 Å². The Bertz CT molecular complexity index is 757. The normalized spacial score (nSPS) is 10.5. The van der Waals surface area contributed by atoms with Gasteiger partial charge >= 0.3 is 5.97 Å². The maximum Gasteiger partial charge on any atom is 0.336 e. The van der Waals surface area contributed by atoms with Crippen molar-refractivity contribution in [1.29, 1.82) is 0 Å². The number of carboxylic acid groups (broad SMARTS) is 1. The number of nitrogens with zero attached hydrogens (tertiary/aromatic N) is 3. The standard InChI is InChI=1S/C14H9N3O2/c18-14(19)10-8-12(11-5-1-2-6-15-11)17-13-9(10)4-3-7-16-13/h1-8H,(H,18,19). The Labute approximate surface area is 108 Å². The van der Waals surface area contributed by atoms with Gasteiger partial charge in [-0.25, -0.2) is 14.8 Å². The number of aromatic carboxylic acids is 1. The minimum absolute atomic E-state index is 0.179. The summed E-state index contributed by atoms with van der Waals surface area (Å²) in [7, 11) is 0. The molecule has 3 aromatic rings. The van der Waals surface area contributed by atoms with Crippen LogP contribution in [0, 0.1) is 0 Å². The minimum atomic E-state index is -1.00. The van der Waals surface area contributed by atoms with E-state index in [1.165, 1.54) is 6.07 Å². The van der Waals surface area contributed by atoms with E-state index < -0.39 is 5.97 Å². The van der Waals surface area contributed by atoms with E-state index in [0.717, 1.165) is 0 Å². The molecule has 0 aromatic carbocycles. The largest absolute Gasteiger partial charge is 0.478 e. The van der Waals surface area contributed by atoms with Gasteiger partial charge in [-0.15, -0.1) is 0 Å². The highest BCUT2D eigenvalue weighted by Crippen LogP contribution is 2.22. The fourth-order valence-electron chi connectivity index (χ4n) is 1.88. The van der Waals surface area contributed by atoms with E-state index >= 15 is 0 Å². The van der Waals surface area contributed by atoms with Crippen LogP contribution < -0.4 is 0 Å². The molecule has 0 saturated carbocycles. The summed E-state index contributed by atoms with van der Waals surface area (Å²) in [5.74, 6) is -1.00. The molecule has 0 unspecified atom stereocenters. The van der Waals surface area contributed by atoms with Crippen LogP contribution in [0.4, 0.5) is 0 Å². The molecule has 92 valence electrons. The molecule has 0 radical (unpaired) electrons. The monoisotopic (exact) mass is 251 g/mol. The second kappa shape index (κ2) is 4.45. The molecule has 0 amide bonds. The lowest BCUT2D eigenvalue weighted by Crippen LogP contribution is -2.01.